The van der Waals surface area contributed by atoms with Crippen LogP contribution in [0.25, 0.3) is 10.9 Å². The summed E-state index contributed by atoms with van der Waals surface area (Å²) in [5.41, 5.74) is 6.13. The smallest absolute Gasteiger partial charge is 0.389 e. The highest BCUT2D eigenvalue weighted by Crippen LogP contribution is 2.23. The number of methoxy groups -OCH3 is 1. The summed E-state index contributed by atoms with van der Waals surface area (Å²) in [6, 6.07) is 6.22. The number of hydrogen-bond acceptors (Lipinski definition) is 6. The lowest BCUT2D eigenvalue weighted by Gasteiger charge is -2.18. The number of H-pyrrole nitrogens is 1. The minimum absolute atomic E-state index is 0.0116. The Labute approximate surface area is 158 Å². The van der Waals surface area contributed by atoms with E-state index in [2.05, 4.69) is 25.8 Å². The average molecular weight is 388 g/mol. The second-order valence-corrected chi connectivity index (χ2v) is 5.72. The molecule has 0 fully saturated rings. The number of anilines is 1. The summed E-state index contributed by atoms with van der Waals surface area (Å²) in [6.45, 7) is 0.194. The van der Waals surface area contributed by atoms with Crippen LogP contribution in [0.15, 0.2) is 36.5 Å². The zero-order valence-corrected chi connectivity index (χ0v) is 14.7. The summed E-state index contributed by atoms with van der Waals surface area (Å²) < 4.78 is 23.0. The molecule has 0 radical (unpaired) electrons. The predicted molar refractivity (Wildman–Crippen MR) is 97.3 cm³/mol. The Kier molecular flexibility index (Phi) is 5.65. The number of nitrogens with one attached hydrogen (secondary N) is 3. The van der Waals surface area contributed by atoms with Crippen LogP contribution in [0.5, 0.6) is 5.88 Å². The molecule has 0 aliphatic heterocycles. The van der Waals surface area contributed by atoms with E-state index in [9.17, 15) is 14.0 Å². The SMILES string of the molecule is COC[C@@H](NC(=O)Nc1cc2[nH]nc(OC(N)=O)c2cn1)c1ccc(F)cc1. The molecule has 11 heteroatoms. The Hall–Kier alpha value is -3.73. The number of amides is 3. The van der Waals surface area contributed by atoms with Crippen molar-refractivity contribution in [1.82, 2.24) is 20.5 Å². The zero-order valence-electron chi connectivity index (χ0n) is 14.7. The summed E-state index contributed by atoms with van der Waals surface area (Å²) >= 11 is 0. The number of fused-ring (bicyclic) bond motifs is 1. The van der Waals surface area contributed by atoms with Gasteiger partial charge in [-0.15, -0.1) is 5.10 Å². The number of aromatic nitrogens is 3. The topological polar surface area (TPSA) is 144 Å². The minimum atomic E-state index is -1.00. The van der Waals surface area contributed by atoms with Crippen molar-refractivity contribution < 1.29 is 23.5 Å². The number of ether oxygens (including phenoxy) is 2. The lowest BCUT2D eigenvalue weighted by molar-refractivity contribution is 0.168. The molecule has 0 aliphatic rings. The van der Waals surface area contributed by atoms with Gasteiger partial charge in [0.05, 0.1) is 23.6 Å². The summed E-state index contributed by atoms with van der Waals surface area (Å²) in [5.74, 6) is -0.155. The largest absolute Gasteiger partial charge is 0.411 e. The first-order valence-corrected chi connectivity index (χ1v) is 8.09. The van der Waals surface area contributed by atoms with Gasteiger partial charge in [-0.05, 0) is 17.7 Å². The predicted octanol–water partition coefficient (Wildman–Crippen LogP) is 2.06. The van der Waals surface area contributed by atoms with Crippen LogP contribution >= 0.6 is 0 Å². The van der Waals surface area contributed by atoms with Gasteiger partial charge in [-0.2, -0.15) is 0 Å². The van der Waals surface area contributed by atoms with Gasteiger partial charge in [-0.3, -0.25) is 10.4 Å². The van der Waals surface area contributed by atoms with Gasteiger partial charge in [0.15, 0.2) is 0 Å². The van der Waals surface area contributed by atoms with E-state index in [1.165, 1.54) is 31.5 Å². The number of nitrogens with two attached hydrogens (primary N) is 1. The van der Waals surface area contributed by atoms with Gasteiger partial charge < -0.3 is 20.5 Å². The Morgan fingerprint density at radius 1 is 1.32 bits per heavy atom. The van der Waals surface area contributed by atoms with Crippen molar-refractivity contribution in [3.63, 3.8) is 0 Å². The van der Waals surface area contributed by atoms with Crippen LogP contribution in [0.3, 0.4) is 0 Å². The first kappa shape index (κ1) is 19.0. The second kappa shape index (κ2) is 8.31. The second-order valence-electron chi connectivity index (χ2n) is 5.72. The van der Waals surface area contributed by atoms with E-state index in [4.69, 9.17) is 15.2 Å². The van der Waals surface area contributed by atoms with E-state index in [1.807, 2.05) is 0 Å². The van der Waals surface area contributed by atoms with Crippen LogP contribution in [0.4, 0.5) is 19.8 Å². The van der Waals surface area contributed by atoms with Crippen molar-refractivity contribution in [3.05, 3.63) is 47.9 Å². The molecule has 0 saturated carbocycles. The van der Waals surface area contributed by atoms with Gasteiger partial charge >= 0.3 is 12.1 Å². The van der Waals surface area contributed by atoms with Gasteiger partial charge in [0.25, 0.3) is 5.88 Å². The monoisotopic (exact) mass is 388 g/mol. The molecular formula is C17H17FN6O4. The van der Waals surface area contributed by atoms with Gasteiger partial charge in [0.2, 0.25) is 0 Å². The third-order valence-corrected chi connectivity index (χ3v) is 3.76. The molecule has 3 amide bonds. The Morgan fingerprint density at radius 2 is 2.07 bits per heavy atom. The van der Waals surface area contributed by atoms with Gasteiger partial charge in [0, 0.05) is 19.4 Å². The number of rotatable bonds is 6. The van der Waals surface area contributed by atoms with Crippen LogP contribution < -0.4 is 21.1 Å². The fraction of sp³-hybridized carbons (Fsp3) is 0.176. The van der Waals surface area contributed by atoms with Crippen molar-refractivity contribution in [3.8, 4) is 5.88 Å². The van der Waals surface area contributed by atoms with Crippen molar-refractivity contribution in [2.75, 3.05) is 19.0 Å². The number of hydrogen-bond donors (Lipinski definition) is 4. The standard InChI is InChI=1S/C17H17FN6O4/c1-27-8-13(9-2-4-10(18)5-3-9)21-17(26)22-14-6-12-11(7-20-14)15(24-23-12)28-16(19)25/h2-7,13H,8H2,1H3,(H2,19,25)(H,23,24)(H2,20,21,22,26)/t13-/m1/s1. The highest BCUT2D eigenvalue weighted by molar-refractivity contribution is 5.92. The molecule has 0 aliphatic carbocycles. The molecule has 2 heterocycles. The first-order chi connectivity index (χ1) is 13.5. The fourth-order valence-electron chi connectivity index (χ4n) is 2.52. The fourth-order valence-corrected chi connectivity index (χ4v) is 2.52. The van der Waals surface area contributed by atoms with Crippen molar-refractivity contribution in [2.24, 2.45) is 5.73 Å². The molecule has 0 bridgehead atoms. The van der Waals surface area contributed by atoms with E-state index in [1.54, 1.807) is 12.1 Å². The van der Waals surface area contributed by atoms with Crippen LogP contribution in [-0.4, -0.2) is 41.0 Å². The van der Waals surface area contributed by atoms with E-state index in [0.29, 0.717) is 16.5 Å². The molecule has 1 atom stereocenters. The maximum Gasteiger partial charge on any atom is 0.411 e. The van der Waals surface area contributed by atoms with Crippen molar-refractivity contribution >= 4 is 28.8 Å². The third-order valence-electron chi connectivity index (χ3n) is 3.76. The number of primary amides is 1. The van der Waals surface area contributed by atoms with Crippen LogP contribution in [0, 0.1) is 5.82 Å². The maximum absolute atomic E-state index is 13.1. The van der Waals surface area contributed by atoms with Gasteiger partial charge in [-0.25, -0.2) is 19.0 Å². The molecule has 0 saturated heterocycles. The molecule has 5 N–H and O–H groups in total. The number of carbonyl (C=O) groups is 2. The van der Waals surface area contributed by atoms with Crippen molar-refractivity contribution in [2.45, 2.75) is 6.04 Å². The maximum atomic E-state index is 13.1. The Bertz CT molecular complexity index is 991. The molecule has 3 rings (SSSR count). The summed E-state index contributed by atoms with van der Waals surface area (Å²) in [4.78, 5) is 27.2. The first-order valence-electron chi connectivity index (χ1n) is 8.09. The summed E-state index contributed by atoms with van der Waals surface area (Å²) in [6.07, 6.45) is 0.374. The molecule has 2 aromatic heterocycles. The lowest BCUT2D eigenvalue weighted by atomic mass is 10.1. The molecule has 1 aromatic carbocycles. The van der Waals surface area contributed by atoms with Crippen LogP contribution in [0.2, 0.25) is 0 Å². The summed E-state index contributed by atoms with van der Waals surface area (Å²) in [7, 11) is 1.50. The molecule has 146 valence electrons. The summed E-state index contributed by atoms with van der Waals surface area (Å²) in [5, 5.41) is 12.2. The Morgan fingerprint density at radius 3 is 2.75 bits per heavy atom. The van der Waals surface area contributed by atoms with Crippen LogP contribution in [-0.2, 0) is 4.74 Å². The lowest BCUT2D eigenvalue weighted by Crippen LogP contribution is -2.35. The Balaban J connectivity index is 1.70. The van der Waals surface area contributed by atoms with Crippen LogP contribution in [0.1, 0.15) is 11.6 Å². The number of carbonyl (C=O) groups excluding carboxylic acids is 2. The molecule has 28 heavy (non-hydrogen) atoms. The normalized spacial score (nSPS) is 11.8. The zero-order chi connectivity index (χ0) is 20.1. The molecular weight excluding hydrogens is 371 g/mol. The highest BCUT2D eigenvalue weighted by atomic mass is 19.1. The third kappa shape index (κ3) is 4.51. The quantitative estimate of drug-likeness (QED) is 0.509. The number of aromatic amines is 1. The number of benzene rings is 1. The number of pyridine rings is 1. The molecule has 0 unspecified atom stereocenters. The van der Waals surface area contributed by atoms with Gasteiger partial charge in [-0.1, -0.05) is 12.1 Å². The van der Waals surface area contributed by atoms with E-state index in [-0.39, 0.29) is 24.1 Å². The molecule has 10 nitrogen and oxygen atoms in total. The van der Waals surface area contributed by atoms with Gasteiger partial charge in [0.1, 0.15) is 11.6 Å². The van der Waals surface area contributed by atoms with Crippen molar-refractivity contribution in [1.29, 1.82) is 0 Å². The number of urea groups is 1. The van der Waals surface area contributed by atoms with E-state index < -0.39 is 18.2 Å². The highest BCUT2D eigenvalue weighted by Gasteiger charge is 2.16. The number of halogens is 1. The molecule has 0 spiro atoms. The molecule has 3 aromatic rings. The van der Waals surface area contributed by atoms with E-state index in [0.717, 1.165) is 0 Å². The minimum Gasteiger partial charge on any atom is -0.389 e. The number of nitrogens with zero attached hydrogens (tertiary/aromatic N) is 2. The average Bonchev–Trinajstić information content (AvgIpc) is 3.03. The van der Waals surface area contributed by atoms with E-state index >= 15 is 0 Å².